The van der Waals surface area contributed by atoms with Crippen molar-refractivity contribution in [3.63, 3.8) is 0 Å². The number of nitrogens with zero attached hydrogens (tertiary/aromatic N) is 6. The number of aliphatic hydroxyl groups is 1. The Morgan fingerprint density at radius 2 is 2.00 bits per heavy atom. The van der Waals surface area contributed by atoms with E-state index in [0.717, 1.165) is 21.0 Å². The van der Waals surface area contributed by atoms with Crippen LogP contribution in [0.15, 0.2) is 30.7 Å². The molecule has 9 nitrogen and oxygen atoms in total. The lowest BCUT2D eigenvalue weighted by Gasteiger charge is -2.12. The molecule has 28 heavy (non-hydrogen) atoms. The summed E-state index contributed by atoms with van der Waals surface area (Å²) in [7, 11) is 1.83. The van der Waals surface area contributed by atoms with Crippen LogP contribution < -0.4 is 10.6 Å². The van der Waals surface area contributed by atoms with Crippen LogP contribution in [0.25, 0.3) is 21.7 Å². The summed E-state index contributed by atoms with van der Waals surface area (Å²) in [5.74, 6) is 2.50. The fraction of sp³-hybridized carbons (Fsp3) is 0.278. The molecule has 0 fully saturated rings. The highest BCUT2D eigenvalue weighted by Crippen LogP contribution is 2.28. The average molecular weight is 396 g/mol. The van der Waals surface area contributed by atoms with Crippen LogP contribution in [0.1, 0.15) is 25.7 Å². The van der Waals surface area contributed by atoms with Gasteiger partial charge < -0.3 is 20.3 Å². The third-order valence-electron chi connectivity index (χ3n) is 4.16. The second-order valence-corrected chi connectivity index (χ2v) is 7.41. The van der Waals surface area contributed by atoms with Crippen LogP contribution >= 0.6 is 11.3 Å². The van der Waals surface area contributed by atoms with Crippen molar-refractivity contribution < 1.29 is 5.11 Å². The molecule has 0 saturated heterocycles. The Kier molecular flexibility index (Phi) is 4.88. The molecular weight excluding hydrogens is 376 g/mol. The van der Waals surface area contributed by atoms with Gasteiger partial charge in [0.25, 0.3) is 0 Å². The molecule has 4 aromatic heterocycles. The zero-order chi connectivity index (χ0) is 19.7. The minimum Gasteiger partial charge on any atom is -0.388 e. The molecule has 3 N–H and O–H groups in total. The minimum atomic E-state index is -0.117. The number of hydrogen-bond donors (Lipinski definition) is 3. The molecule has 0 spiro atoms. The van der Waals surface area contributed by atoms with Crippen molar-refractivity contribution in [1.29, 1.82) is 0 Å². The van der Waals surface area contributed by atoms with Crippen LogP contribution in [0, 0.1) is 0 Å². The second kappa shape index (κ2) is 7.49. The van der Waals surface area contributed by atoms with Crippen molar-refractivity contribution in [2.75, 3.05) is 17.7 Å². The first-order chi connectivity index (χ1) is 13.6. The maximum absolute atomic E-state index is 9.59. The minimum absolute atomic E-state index is 0.117. The zero-order valence-corrected chi connectivity index (χ0v) is 16.5. The van der Waals surface area contributed by atoms with Gasteiger partial charge in [-0.1, -0.05) is 11.3 Å². The number of fused-ring (bicyclic) bond motifs is 1. The summed E-state index contributed by atoms with van der Waals surface area (Å²) in [6.45, 7) is 3.99. The Bertz CT molecular complexity index is 1120. The van der Waals surface area contributed by atoms with Gasteiger partial charge >= 0.3 is 0 Å². The molecule has 0 bridgehead atoms. The lowest BCUT2D eigenvalue weighted by molar-refractivity contribution is 0.263. The van der Waals surface area contributed by atoms with E-state index in [9.17, 15) is 5.11 Å². The van der Waals surface area contributed by atoms with Gasteiger partial charge in [-0.05, 0) is 19.9 Å². The number of aliphatic hydroxyl groups excluding tert-OH is 1. The predicted molar refractivity (Wildman–Crippen MR) is 110 cm³/mol. The van der Waals surface area contributed by atoms with E-state index in [1.165, 1.54) is 11.3 Å². The quantitative estimate of drug-likeness (QED) is 0.455. The molecule has 0 atom stereocenters. The molecule has 0 aliphatic rings. The lowest BCUT2D eigenvalue weighted by atomic mass is 10.3. The van der Waals surface area contributed by atoms with Crippen molar-refractivity contribution in [3.8, 4) is 10.7 Å². The fourth-order valence-corrected chi connectivity index (χ4v) is 3.69. The molecule has 144 valence electrons. The molecule has 0 aromatic carbocycles. The number of anilines is 3. The molecule has 0 radical (unpaired) electrons. The first-order valence-corrected chi connectivity index (χ1v) is 9.62. The van der Waals surface area contributed by atoms with Crippen molar-refractivity contribution in [2.24, 2.45) is 0 Å². The Morgan fingerprint density at radius 3 is 2.71 bits per heavy atom. The number of thiazole rings is 1. The van der Waals surface area contributed by atoms with Crippen LogP contribution in [-0.2, 0) is 6.61 Å². The summed E-state index contributed by atoms with van der Waals surface area (Å²) in [5.41, 5.74) is 1.66. The summed E-state index contributed by atoms with van der Waals surface area (Å²) < 4.78 is 2.00. The molecule has 4 heterocycles. The molecule has 4 aromatic rings. The van der Waals surface area contributed by atoms with E-state index < -0.39 is 0 Å². The first kappa shape index (κ1) is 18.3. The summed E-state index contributed by atoms with van der Waals surface area (Å²) in [6, 6.07) is 3.87. The molecular formula is C18H20N8OS. The highest BCUT2D eigenvalue weighted by Gasteiger charge is 2.14. The Balaban J connectivity index is 1.66. The Hall–Kier alpha value is -3.11. The van der Waals surface area contributed by atoms with E-state index in [1.807, 2.05) is 17.7 Å². The average Bonchev–Trinajstić information content (AvgIpc) is 3.32. The van der Waals surface area contributed by atoms with Gasteiger partial charge in [-0.3, -0.25) is 0 Å². The number of pyridine rings is 1. The van der Waals surface area contributed by atoms with Crippen LogP contribution in [0.5, 0.6) is 0 Å². The van der Waals surface area contributed by atoms with E-state index >= 15 is 0 Å². The highest BCUT2D eigenvalue weighted by molar-refractivity contribution is 7.18. The van der Waals surface area contributed by atoms with Gasteiger partial charge in [0.15, 0.2) is 11.0 Å². The SMILES string of the molecule is CNc1ncc(-c2nccc(Nc3cc4c(cn3)nc(CO)n4C(C)C)n2)s1. The number of hydrogen-bond acceptors (Lipinski definition) is 9. The normalized spacial score (nSPS) is 11.3. The van der Waals surface area contributed by atoms with Crippen LogP contribution in [0.3, 0.4) is 0 Å². The fourth-order valence-electron chi connectivity index (χ4n) is 2.98. The molecule has 0 saturated carbocycles. The Morgan fingerprint density at radius 1 is 1.14 bits per heavy atom. The van der Waals surface area contributed by atoms with Gasteiger partial charge in [-0.15, -0.1) is 0 Å². The zero-order valence-electron chi connectivity index (χ0n) is 15.7. The summed E-state index contributed by atoms with van der Waals surface area (Å²) in [6.07, 6.45) is 5.14. The van der Waals surface area contributed by atoms with Crippen molar-refractivity contribution in [3.05, 3.63) is 36.5 Å². The van der Waals surface area contributed by atoms with Crippen LogP contribution in [-0.4, -0.2) is 41.6 Å². The molecule has 0 aliphatic heterocycles. The lowest BCUT2D eigenvalue weighted by Crippen LogP contribution is -2.06. The standard InChI is InChI=1S/C18H20N8OS/c1-10(2)26-12-6-15(21-7-11(12)23-16(26)9-27)24-14-4-5-20-17(25-14)13-8-22-18(19-3)28-13/h4-8,10,27H,9H2,1-3H3,(H,19,22)(H,20,21,24,25). The van der Waals surface area contributed by atoms with E-state index in [1.54, 1.807) is 24.7 Å². The first-order valence-electron chi connectivity index (χ1n) is 8.80. The number of aromatic nitrogens is 6. The second-order valence-electron chi connectivity index (χ2n) is 6.38. The van der Waals surface area contributed by atoms with Crippen molar-refractivity contribution >= 4 is 39.1 Å². The van der Waals surface area contributed by atoms with Gasteiger partial charge in [-0.2, -0.15) is 0 Å². The number of nitrogens with one attached hydrogen (secondary N) is 2. The maximum Gasteiger partial charge on any atom is 0.183 e. The van der Waals surface area contributed by atoms with Crippen LogP contribution in [0.2, 0.25) is 0 Å². The predicted octanol–water partition coefficient (Wildman–Crippen LogP) is 3.20. The molecule has 0 aliphatic carbocycles. The molecule has 4 rings (SSSR count). The summed E-state index contributed by atoms with van der Waals surface area (Å²) >= 11 is 1.49. The topological polar surface area (TPSA) is 114 Å². The Labute approximate surface area is 165 Å². The van der Waals surface area contributed by atoms with Crippen molar-refractivity contribution in [1.82, 2.24) is 29.5 Å². The van der Waals surface area contributed by atoms with E-state index in [2.05, 4.69) is 49.4 Å². The van der Waals surface area contributed by atoms with E-state index in [-0.39, 0.29) is 12.6 Å². The van der Waals surface area contributed by atoms with E-state index in [4.69, 9.17) is 0 Å². The number of rotatable bonds is 6. The van der Waals surface area contributed by atoms with E-state index in [0.29, 0.717) is 23.3 Å². The third-order valence-corrected chi connectivity index (χ3v) is 5.17. The summed E-state index contributed by atoms with van der Waals surface area (Å²) in [5, 5.41) is 16.6. The van der Waals surface area contributed by atoms with Gasteiger partial charge in [0.2, 0.25) is 0 Å². The van der Waals surface area contributed by atoms with Crippen LogP contribution in [0.4, 0.5) is 16.8 Å². The maximum atomic E-state index is 9.59. The molecule has 10 heteroatoms. The van der Waals surface area contributed by atoms with Gasteiger partial charge in [0.1, 0.15) is 29.6 Å². The van der Waals surface area contributed by atoms with Gasteiger partial charge in [0, 0.05) is 25.4 Å². The van der Waals surface area contributed by atoms with Crippen molar-refractivity contribution in [2.45, 2.75) is 26.5 Å². The highest BCUT2D eigenvalue weighted by atomic mass is 32.1. The van der Waals surface area contributed by atoms with Gasteiger partial charge in [0.05, 0.1) is 22.8 Å². The monoisotopic (exact) mass is 396 g/mol. The molecule has 0 unspecified atom stereocenters. The number of imidazole rings is 1. The smallest absolute Gasteiger partial charge is 0.183 e. The molecule has 0 amide bonds. The van der Waals surface area contributed by atoms with Gasteiger partial charge in [-0.25, -0.2) is 24.9 Å². The third kappa shape index (κ3) is 3.39. The largest absolute Gasteiger partial charge is 0.388 e. The summed E-state index contributed by atoms with van der Waals surface area (Å²) in [4.78, 5) is 22.9.